The fraction of sp³-hybridized carbons (Fsp3) is 0.533. The third-order valence-electron chi connectivity index (χ3n) is 4.04. The van der Waals surface area contributed by atoms with Gasteiger partial charge in [0.1, 0.15) is 5.82 Å². The van der Waals surface area contributed by atoms with Crippen LogP contribution in [0.3, 0.4) is 0 Å². The highest BCUT2D eigenvalue weighted by Crippen LogP contribution is 2.30. The molecule has 1 aliphatic carbocycles. The van der Waals surface area contributed by atoms with Crippen molar-refractivity contribution in [3.63, 3.8) is 0 Å². The van der Waals surface area contributed by atoms with Gasteiger partial charge in [0.25, 0.3) is 0 Å². The summed E-state index contributed by atoms with van der Waals surface area (Å²) in [5, 5.41) is 0. The highest BCUT2D eigenvalue weighted by Gasteiger charge is 2.20. The second-order valence-corrected chi connectivity index (χ2v) is 5.61. The first kappa shape index (κ1) is 12.5. The molecule has 0 radical (unpaired) electrons. The Morgan fingerprint density at radius 2 is 2.16 bits per heavy atom. The van der Waals surface area contributed by atoms with Crippen molar-refractivity contribution < 1.29 is 0 Å². The second-order valence-electron chi connectivity index (χ2n) is 5.61. The van der Waals surface area contributed by atoms with Crippen LogP contribution in [0.1, 0.15) is 37.8 Å². The topological polar surface area (TPSA) is 68.2 Å². The molecular formula is C15H22N4. The molecule has 2 heterocycles. The molecule has 0 saturated carbocycles. The minimum Gasteiger partial charge on any atom is -0.384 e. The van der Waals surface area contributed by atoms with Crippen molar-refractivity contribution >= 4 is 17.1 Å². The number of anilines is 2. The first-order valence-electron chi connectivity index (χ1n) is 7.20. The van der Waals surface area contributed by atoms with Crippen molar-refractivity contribution in [1.82, 2.24) is 4.98 Å². The van der Waals surface area contributed by atoms with Crippen molar-refractivity contribution in [3.05, 3.63) is 23.9 Å². The van der Waals surface area contributed by atoms with Gasteiger partial charge in [-0.15, -0.1) is 0 Å². The lowest BCUT2D eigenvalue weighted by molar-refractivity contribution is 0.740. The Hall–Kier alpha value is -1.55. The predicted molar refractivity (Wildman–Crippen MR) is 79.9 cm³/mol. The zero-order valence-corrected chi connectivity index (χ0v) is 11.3. The number of nitrogens with zero attached hydrogens (tertiary/aromatic N) is 2. The van der Waals surface area contributed by atoms with Crippen molar-refractivity contribution in [2.75, 3.05) is 23.7 Å². The van der Waals surface area contributed by atoms with Gasteiger partial charge in [0.15, 0.2) is 0 Å². The zero-order chi connectivity index (χ0) is 13.2. The Bertz CT molecular complexity index is 495. The van der Waals surface area contributed by atoms with Gasteiger partial charge in [0, 0.05) is 30.9 Å². The van der Waals surface area contributed by atoms with Crippen LogP contribution >= 0.6 is 0 Å². The standard InChI is InChI=1S/C15H22N4/c16-12-6-7-19(10-12)13-8-14(18-15(17)9-13)11-4-2-1-3-5-11/h4,8-9,12H,1-3,5-7,10,16H2,(H2,17,18). The average molecular weight is 258 g/mol. The molecule has 1 unspecified atom stereocenters. The van der Waals surface area contributed by atoms with Gasteiger partial charge < -0.3 is 16.4 Å². The second kappa shape index (κ2) is 5.21. The number of nitrogen functional groups attached to an aromatic ring is 1. The smallest absolute Gasteiger partial charge is 0.126 e. The molecule has 0 spiro atoms. The number of hydrogen-bond donors (Lipinski definition) is 2. The maximum atomic E-state index is 5.98. The van der Waals surface area contributed by atoms with E-state index in [2.05, 4.69) is 22.0 Å². The molecule has 1 atom stereocenters. The summed E-state index contributed by atoms with van der Waals surface area (Å²) in [5.74, 6) is 0.611. The van der Waals surface area contributed by atoms with Crippen LogP contribution in [0.2, 0.25) is 0 Å². The summed E-state index contributed by atoms with van der Waals surface area (Å²) < 4.78 is 0. The number of pyridine rings is 1. The summed E-state index contributed by atoms with van der Waals surface area (Å²) in [7, 11) is 0. The van der Waals surface area contributed by atoms with E-state index in [1.165, 1.54) is 24.1 Å². The van der Waals surface area contributed by atoms with E-state index in [1.807, 2.05) is 6.07 Å². The fourth-order valence-electron chi connectivity index (χ4n) is 2.98. The van der Waals surface area contributed by atoms with Crippen LogP contribution in [0.5, 0.6) is 0 Å². The summed E-state index contributed by atoms with van der Waals surface area (Å²) >= 11 is 0. The highest BCUT2D eigenvalue weighted by molar-refractivity contribution is 5.69. The van der Waals surface area contributed by atoms with E-state index in [4.69, 9.17) is 11.5 Å². The maximum Gasteiger partial charge on any atom is 0.126 e. The van der Waals surface area contributed by atoms with E-state index >= 15 is 0 Å². The van der Waals surface area contributed by atoms with Crippen LogP contribution < -0.4 is 16.4 Å². The Labute approximate surface area is 114 Å². The van der Waals surface area contributed by atoms with Gasteiger partial charge in [-0.2, -0.15) is 0 Å². The largest absolute Gasteiger partial charge is 0.384 e. The molecule has 4 heteroatoms. The predicted octanol–water partition coefficient (Wildman–Crippen LogP) is 2.16. The molecule has 0 amide bonds. The van der Waals surface area contributed by atoms with Crippen LogP contribution in [0, 0.1) is 0 Å². The molecule has 4 N–H and O–H groups in total. The first-order valence-corrected chi connectivity index (χ1v) is 7.20. The molecule has 1 saturated heterocycles. The van der Waals surface area contributed by atoms with E-state index in [0.717, 1.165) is 38.0 Å². The summed E-state index contributed by atoms with van der Waals surface area (Å²) in [6.07, 6.45) is 8.20. The minimum absolute atomic E-state index is 0.284. The van der Waals surface area contributed by atoms with Crippen LogP contribution in [0.25, 0.3) is 5.57 Å². The van der Waals surface area contributed by atoms with Crippen LogP contribution in [0.15, 0.2) is 18.2 Å². The number of rotatable bonds is 2. The Morgan fingerprint density at radius 1 is 1.26 bits per heavy atom. The van der Waals surface area contributed by atoms with Gasteiger partial charge in [-0.3, -0.25) is 0 Å². The Balaban J connectivity index is 1.89. The minimum atomic E-state index is 0.284. The molecule has 0 aromatic carbocycles. The molecule has 2 aliphatic rings. The average Bonchev–Trinajstić information content (AvgIpc) is 2.86. The van der Waals surface area contributed by atoms with Gasteiger partial charge in [0.2, 0.25) is 0 Å². The van der Waals surface area contributed by atoms with Crippen molar-refractivity contribution in [2.45, 2.75) is 38.1 Å². The molecule has 0 bridgehead atoms. The number of aromatic nitrogens is 1. The number of hydrogen-bond acceptors (Lipinski definition) is 4. The molecular weight excluding hydrogens is 236 g/mol. The first-order chi connectivity index (χ1) is 9.22. The third kappa shape index (κ3) is 2.73. The van der Waals surface area contributed by atoms with Crippen molar-refractivity contribution in [3.8, 4) is 0 Å². The summed E-state index contributed by atoms with van der Waals surface area (Å²) in [5.41, 5.74) is 15.5. The molecule has 1 aromatic rings. The van der Waals surface area contributed by atoms with Gasteiger partial charge in [-0.05, 0) is 43.7 Å². The van der Waals surface area contributed by atoms with Gasteiger partial charge in [-0.1, -0.05) is 6.08 Å². The monoisotopic (exact) mass is 258 g/mol. The Morgan fingerprint density at radius 3 is 2.84 bits per heavy atom. The van der Waals surface area contributed by atoms with E-state index in [9.17, 15) is 0 Å². The zero-order valence-electron chi connectivity index (χ0n) is 11.3. The molecule has 1 aromatic heterocycles. The number of allylic oxidation sites excluding steroid dienone is 2. The lowest BCUT2D eigenvalue weighted by atomic mass is 9.96. The van der Waals surface area contributed by atoms with E-state index in [-0.39, 0.29) is 6.04 Å². The van der Waals surface area contributed by atoms with Crippen molar-refractivity contribution in [1.29, 1.82) is 0 Å². The molecule has 4 nitrogen and oxygen atoms in total. The maximum absolute atomic E-state index is 5.98. The van der Waals surface area contributed by atoms with Crippen molar-refractivity contribution in [2.24, 2.45) is 5.73 Å². The number of nitrogens with two attached hydrogens (primary N) is 2. The summed E-state index contributed by atoms with van der Waals surface area (Å²) in [4.78, 5) is 6.81. The van der Waals surface area contributed by atoms with Crippen LogP contribution in [0.4, 0.5) is 11.5 Å². The van der Waals surface area contributed by atoms with Gasteiger partial charge in [0.05, 0.1) is 5.69 Å². The molecule has 3 rings (SSSR count). The lowest BCUT2D eigenvalue weighted by Crippen LogP contribution is -2.26. The van der Waals surface area contributed by atoms with Crippen LogP contribution in [-0.4, -0.2) is 24.1 Å². The van der Waals surface area contributed by atoms with E-state index < -0.39 is 0 Å². The Kier molecular flexibility index (Phi) is 3.42. The molecule has 1 fully saturated rings. The quantitative estimate of drug-likeness (QED) is 0.853. The summed E-state index contributed by atoms with van der Waals surface area (Å²) in [6, 6.07) is 4.42. The fourth-order valence-corrected chi connectivity index (χ4v) is 2.98. The van der Waals surface area contributed by atoms with E-state index in [0.29, 0.717) is 5.82 Å². The van der Waals surface area contributed by atoms with Crippen LogP contribution in [-0.2, 0) is 0 Å². The normalized spacial score (nSPS) is 23.5. The summed E-state index contributed by atoms with van der Waals surface area (Å²) in [6.45, 7) is 1.94. The van der Waals surface area contributed by atoms with E-state index in [1.54, 1.807) is 0 Å². The third-order valence-corrected chi connectivity index (χ3v) is 4.04. The molecule has 1 aliphatic heterocycles. The SMILES string of the molecule is Nc1cc(N2CCC(N)C2)cc(C2=CCCCC2)n1. The lowest BCUT2D eigenvalue weighted by Gasteiger charge is -2.20. The highest BCUT2D eigenvalue weighted by atomic mass is 15.2. The molecule has 102 valence electrons. The van der Waals surface area contributed by atoms with Gasteiger partial charge >= 0.3 is 0 Å². The molecule has 19 heavy (non-hydrogen) atoms. The van der Waals surface area contributed by atoms with Gasteiger partial charge in [-0.25, -0.2) is 4.98 Å².